The van der Waals surface area contributed by atoms with Crippen molar-refractivity contribution in [2.24, 2.45) is 0 Å². The molecule has 0 saturated carbocycles. The van der Waals surface area contributed by atoms with E-state index in [2.05, 4.69) is 10.3 Å². The Morgan fingerprint density at radius 2 is 2.00 bits per heavy atom. The molecule has 1 heterocycles. The highest BCUT2D eigenvalue weighted by Gasteiger charge is 2.14. The molecular formula is C19H18Cl2N2O2. The number of fused-ring (bicyclic) bond motifs is 1. The third kappa shape index (κ3) is 3.91. The molecule has 1 atom stereocenters. The van der Waals surface area contributed by atoms with Gasteiger partial charge in [-0.25, -0.2) is 0 Å². The lowest BCUT2D eigenvalue weighted by molar-refractivity contribution is -0.121. The standard InChI is InChI=1S/C19H18Cl2N2O2/c1-11(12-3-5-16(20)17(21)7-12)23-19(24)8-13-10-22-18-6-4-14(25-2)9-15(13)18/h3-7,9-11,22H,8H2,1-2H3,(H,23,24). The van der Waals surface area contributed by atoms with E-state index in [4.69, 9.17) is 27.9 Å². The lowest BCUT2D eigenvalue weighted by Crippen LogP contribution is -2.28. The van der Waals surface area contributed by atoms with Crippen molar-refractivity contribution in [2.45, 2.75) is 19.4 Å². The maximum absolute atomic E-state index is 12.4. The summed E-state index contributed by atoms with van der Waals surface area (Å²) in [7, 11) is 1.62. The van der Waals surface area contributed by atoms with E-state index in [-0.39, 0.29) is 18.4 Å². The smallest absolute Gasteiger partial charge is 0.224 e. The first-order chi connectivity index (χ1) is 12.0. The molecule has 1 unspecified atom stereocenters. The molecule has 25 heavy (non-hydrogen) atoms. The van der Waals surface area contributed by atoms with Crippen LogP contribution in [0.3, 0.4) is 0 Å². The average molecular weight is 377 g/mol. The molecule has 0 saturated heterocycles. The van der Waals surface area contributed by atoms with Crippen molar-refractivity contribution in [3.63, 3.8) is 0 Å². The van der Waals surface area contributed by atoms with Gasteiger partial charge in [0.25, 0.3) is 0 Å². The quantitative estimate of drug-likeness (QED) is 0.664. The predicted octanol–water partition coefficient (Wildman–Crippen LogP) is 4.90. The van der Waals surface area contributed by atoms with Gasteiger partial charge in [-0.15, -0.1) is 0 Å². The summed E-state index contributed by atoms with van der Waals surface area (Å²) in [5.41, 5.74) is 2.80. The van der Waals surface area contributed by atoms with E-state index in [9.17, 15) is 4.79 Å². The predicted molar refractivity (Wildman–Crippen MR) is 102 cm³/mol. The van der Waals surface area contributed by atoms with Crippen LogP contribution in [-0.4, -0.2) is 18.0 Å². The second-order valence-electron chi connectivity index (χ2n) is 5.86. The summed E-state index contributed by atoms with van der Waals surface area (Å²) < 4.78 is 5.26. The zero-order valence-electron chi connectivity index (χ0n) is 13.9. The van der Waals surface area contributed by atoms with Gasteiger partial charge in [-0.05, 0) is 48.4 Å². The average Bonchev–Trinajstić information content (AvgIpc) is 2.99. The molecule has 1 amide bonds. The number of benzene rings is 2. The molecule has 0 radical (unpaired) electrons. The summed E-state index contributed by atoms with van der Waals surface area (Å²) in [6, 6.07) is 10.9. The Balaban J connectivity index is 1.73. The van der Waals surface area contributed by atoms with Crippen molar-refractivity contribution >= 4 is 40.0 Å². The van der Waals surface area contributed by atoms with E-state index in [1.54, 1.807) is 19.2 Å². The Kier molecular flexibility index (Phi) is 5.21. The largest absolute Gasteiger partial charge is 0.497 e. The molecule has 0 aliphatic rings. The van der Waals surface area contributed by atoms with Crippen LogP contribution in [-0.2, 0) is 11.2 Å². The fourth-order valence-electron chi connectivity index (χ4n) is 2.76. The van der Waals surface area contributed by atoms with Gasteiger partial charge in [0.2, 0.25) is 5.91 Å². The van der Waals surface area contributed by atoms with Crippen LogP contribution in [0.15, 0.2) is 42.6 Å². The van der Waals surface area contributed by atoms with Gasteiger partial charge < -0.3 is 15.0 Å². The van der Waals surface area contributed by atoms with Crippen LogP contribution in [0.1, 0.15) is 24.1 Å². The van der Waals surface area contributed by atoms with Gasteiger partial charge in [-0.2, -0.15) is 0 Å². The highest BCUT2D eigenvalue weighted by Crippen LogP contribution is 2.26. The highest BCUT2D eigenvalue weighted by molar-refractivity contribution is 6.42. The van der Waals surface area contributed by atoms with Gasteiger partial charge in [0.05, 0.1) is 29.6 Å². The summed E-state index contributed by atoms with van der Waals surface area (Å²) in [5, 5.41) is 4.94. The molecule has 3 rings (SSSR count). The molecule has 2 aromatic carbocycles. The van der Waals surface area contributed by atoms with E-state index in [0.717, 1.165) is 27.8 Å². The minimum Gasteiger partial charge on any atom is -0.497 e. The number of aromatic amines is 1. The third-order valence-corrected chi connectivity index (χ3v) is 4.89. The molecule has 4 nitrogen and oxygen atoms in total. The first kappa shape index (κ1) is 17.6. The summed E-state index contributed by atoms with van der Waals surface area (Å²) >= 11 is 12.0. The molecular weight excluding hydrogens is 359 g/mol. The number of carbonyl (C=O) groups is 1. The first-order valence-electron chi connectivity index (χ1n) is 7.86. The van der Waals surface area contributed by atoms with E-state index in [1.807, 2.05) is 37.4 Å². The lowest BCUT2D eigenvalue weighted by atomic mass is 10.1. The molecule has 0 spiro atoms. The maximum atomic E-state index is 12.4. The minimum atomic E-state index is -0.165. The summed E-state index contributed by atoms with van der Waals surface area (Å²) in [5.74, 6) is 0.695. The van der Waals surface area contributed by atoms with E-state index in [0.29, 0.717) is 10.0 Å². The van der Waals surface area contributed by atoms with Crippen LogP contribution in [0.25, 0.3) is 10.9 Å². The molecule has 3 aromatic rings. The van der Waals surface area contributed by atoms with Gasteiger partial charge in [0.15, 0.2) is 0 Å². The number of amides is 1. The zero-order chi connectivity index (χ0) is 18.0. The van der Waals surface area contributed by atoms with Gasteiger partial charge in [-0.3, -0.25) is 4.79 Å². The SMILES string of the molecule is COc1ccc2[nH]cc(CC(=O)NC(C)c3ccc(Cl)c(Cl)c3)c2c1. The number of halogens is 2. The zero-order valence-corrected chi connectivity index (χ0v) is 15.4. The number of carbonyl (C=O) groups excluding carboxylic acids is 1. The lowest BCUT2D eigenvalue weighted by Gasteiger charge is -2.15. The fourth-order valence-corrected chi connectivity index (χ4v) is 3.07. The Labute approximate surface area is 156 Å². The van der Waals surface area contributed by atoms with Gasteiger partial charge in [0.1, 0.15) is 5.75 Å². The van der Waals surface area contributed by atoms with Crippen molar-refractivity contribution in [2.75, 3.05) is 7.11 Å². The Morgan fingerprint density at radius 1 is 1.20 bits per heavy atom. The summed E-state index contributed by atoms with van der Waals surface area (Å²) in [4.78, 5) is 15.6. The van der Waals surface area contributed by atoms with E-state index in [1.165, 1.54) is 0 Å². The summed E-state index contributed by atoms with van der Waals surface area (Å²) in [6.07, 6.45) is 2.13. The maximum Gasteiger partial charge on any atom is 0.224 e. The number of nitrogens with one attached hydrogen (secondary N) is 2. The molecule has 2 N–H and O–H groups in total. The van der Waals surface area contributed by atoms with Crippen molar-refractivity contribution in [1.29, 1.82) is 0 Å². The third-order valence-electron chi connectivity index (χ3n) is 4.15. The van der Waals surface area contributed by atoms with Gasteiger partial charge in [-0.1, -0.05) is 29.3 Å². The molecule has 1 aromatic heterocycles. The minimum absolute atomic E-state index is 0.0673. The number of ether oxygens (including phenoxy) is 1. The van der Waals surface area contributed by atoms with Crippen molar-refractivity contribution in [3.8, 4) is 5.75 Å². The van der Waals surface area contributed by atoms with Crippen LogP contribution >= 0.6 is 23.2 Å². The normalized spacial score (nSPS) is 12.2. The van der Waals surface area contributed by atoms with Gasteiger partial charge >= 0.3 is 0 Å². The van der Waals surface area contributed by atoms with Crippen LogP contribution in [0.2, 0.25) is 10.0 Å². The number of hydrogen-bond donors (Lipinski definition) is 2. The fraction of sp³-hybridized carbons (Fsp3) is 0.211. The summed E-state index contributed by atoms with van der Waals surface area (Å²) in [6.45, 7) is 1.91. The first-order valence-corrected chi connectivity index (χ1v) is 8.62. The van der Waals surface area contributed by atoms with Crippen LogP contribution < -0.4 is 10.1 Å². The topological polar surface area (TPSA) is 54.1 Å². The number of H-pyrrole nitrogens is 1. The van der Waals surface area contributed by atoms with E-state index >= 15 is 0 Å². The van der Waals surface area contributed by atoms with Crippen LogP contribution in [0.4, 0.5) is 0 Å². The Bertz CT molecular complexity index is 921. The van der Waals surface area contributed by atoms with Crippen LogP contribution in [0.5, 0.6) is 5.75 Å². The molecule has 0 bridgehead atoms. The molecule has 130 valence electrons. The van der Waals surface area contributed by atoms with Crippen LogP contribution in [0, 0.1) is 0 Å². The van der Waals surface area contributed by atoms with Crippen molar-refractivity contribution in [1.82, 2.24) is 10.3 Å². The Hall–Kier alpha value is -2.17. The molecule has 0 fully saturated rings. The van der Waals surface area contributed by atoms with Crippen molar-refractivity contribution in [3.05, 3.63) is 63.8 Å². The number of methoxy groups -OCH3 is 1. The number of rotatable bonds is 5. The Morgan fingerprint density at radius 3 is 2.72 bits per heavy atom. The van der Waals surface area contributed by atoms with E-state index < -0.39 is 0 Å². The van der Waals surface area contributed by atoms with Crippen molar-refractivity contribution < 1.29 is 9.53 Å². The van der Waals surface area contributed by atoms with Gasteiger partial charge in [0, 0.05) is 17.1 Å². The number of hydrogen-bond acceptors (Lipinski definition) is 2. The second-order valence-corrected chi connectivity index (χ2v) is 6.68. The molecule has 0 aliphatic heterocycles. The number of aromatic nitrogens is 1. The highest BCUT2D eigenvalue weighted by atomic mass is 35.5. The monoisotopic (exact) mass is 376 g/mol. The molecule has 0 aliphatic carbocycles. The molecule has 6 heteroatoms. The second kappa shape index (κ2) is 7.38.